The molecule has 2 aromatic carbocycles. The van der Waals surface area contributed by atoms with Crippen LogP contribution in [0.25, 0.3) is 11.0 Å². The predicted octanol–water partition coefficient (Wildman–Crippen LogP) is 6.32. The number of amides is 1. The van der Waals surface area contributed by atoms with E-state index in [9.17, 15) is 9.59 Å². The van der Waals surface area contributed by atoms with Gasteiger partial charge in [-0.05, 0) is 50.6 Å². The Morgan fingerprint density at radius 2 is 1.91 bits per heavy atom. The van der Waals surface area contributed by atoms with Gasteiger partial charge in [-0.2, -0.15) is 0 Å². The van der Waals surface area contributed by atoms with E-state index in [1.807, 2.05) is 20.8 Å². The lowest BCUT2D eigenvalue weighted by Gasteiger charge is -2.22. The van der Waals surface area contributed by atoms with Crippen molar-refractivity contribution in [3.05, 3.63) is 84.1 Å². The summed E-state index contributed by atoms with van der Waals surface area (Å²) in [6, 6.07) is 9.31. The van der Waals surface area contributed by atoms with Crippen LogP contribution in [0.2, 0.25) is 10.0 Å². The molecule has 0 fully saturated rings. The van der Waals surface area contributed by atoms with Crippen LogP contribution in [0.15, 0.2) is 45.6 Å². The summed E-state index contributed by atoms with van der Waals surface area (Å²) < 4.78 is 11.6. The summed E-state index contributed by atoms with van der Waals surface area (Å²) in [5, 5.41) is 1.55. The number of hydrogen-bond acceptors (Lipinski definition) is 6. The Bertz CT molecular complexity index is 1470. The standard InChI is InChI=1S/C24H18Cl2N2O4S/c1-4-31-14-6-7-15-18(10-14)32-22-19(21(15)29)20(13-5-8-16(25)17(26)9-13)28(23(22)30)24-27-11(2)12(3)33-24/h5-10,20H,4H2,1-3H3. The first-order chi connectivity index (χ1) is 15.8. The maximum atomic E-state index is 13.7. The fourth-order valence-corrected chi connectivity index (χ4v) is 5.20. The Morgan fingerprint density at radius 3 is 2.58 bits per heavy atom. The second kappa shape index (κ2) is 8.17. The second-order valence-corrected chi connectivity index (χ2v) is 9.65. The van der Waals surface area contributed by atoms with Gasteiger partial charge < -0.3 is 9.15 Å². The molecule has 6 nitrogen and oxygen atoms in total. The van der Waals surface area contributed by atoms with Crippen molar-refractivity contribution in [1.82, 2.24) is 4.98 Å². The van der Waals surface area contributed by atoms with Gasteiger partial charge in [0.25, 0.3) is 5.91 Å². The van der Waals surface area contributed by atoms with E-state index in [4.69, 9.17) is 32.4 Å². The predicted molar refractivity (Wildman–Crippen MR) is 130 cm³/mol. The van der Waals surface area contributed by atoms with Crippen molar-refractivity contribution < 1.29 is 13.9 Å². The topological polar surface area (TPSA) is 72.6 Å². The van der Waals surface area contributed by atoms with Crippen LogP contribution < -0.4 is 15.1 Å². The molecule has 1 amide bonds. The van der Waals surface area contributed by atoms with Crippen LogP contribution in [-0.4, -0.2) is 17.5 Å². The molecule has 2 aromatic heterocycles. The Morgan fingerprint density at radius 1 is 1.12 bits per heavy atom. The number of nitrogens with zero attached hydrogens (tertiary/aromatic N) is 2. The number of carbonyl (C=O) groups excluding carboxylic acids is 1. The highest BCUT2D eigenvalue weighted by Gasteiger charge is 2.45. The van der Waals surface area contributed by atoms with Crippen molar-refractivity contribution in [2.24, 2.45) is 0 Å². The first-order valence-corrected chi connectivity index (χ1v) is 11.8. The van der Waals surface area contributed by atoms with Crippen LogP contribution in [0.3, 0.4) is 0 Å². The molecule has 0 N–H and O–H groups in total. The van der Waals surface area contributed by atoms with Crippen molar-refractivity contribution in [1.29, 1.82) is 0 Å². The van der Waals surface area contributed by atoms with Crippen LogP contribution in [-0.2, 0) is 0 Å². The SMILES string of the molecule is CCOc1ccc2c(=O)c3c(oc2c1)C(=O)N(c1nc(C)c(C)s1)C3c1ccc(Cl)c(Cl)c1. The molecular formula is C24H18Cl2N2O4S. The van der Waals surface area contributed by atoms with Gasteiger partial charge in [0.15, 0.2) is 10.6 Å². The number of fused-ring (bicyclic) bond motifs is 2. The minimum absolute atomic E-state index is 0.0114. The fourth-order valence-electron chi connectivity index (χ4n) is 3.96. The molecule has 1 atom stereocenters. The second-order valence-electron chi connectivity index (χ2n) is 7.65. The number of ether oxygens (including phenoxy) is 1. The number of thiazole rings is 1. The van der Waals surface area contributed by atoms with E-state index in [0.717, 1.165) is 10.6 Å². The van der Waals surface area contributed by atoms with Gasteiger partial charge in [0.1, 0.15) is 11.3 Å². The van der Waals surface area contributed by atoms with Gasteiger partial charge in [-0.15, -0.1) is 11.3 Å². The largest absolute Gasteiger partial charge is 0.494 e. The Labute approximate surface area is 203 Å². The molecule has 4 aromatic rings. The summed E-state index contributed by atoms with van der Waals surface area (Å²) in [5.74, 6) is 0.112. The Balaban J connectivity index is 1.79. The van der Waals surface area contributed by atoms with Gasteiger partial charge in [0.2, 0.25) is 5.76 Å². The molecule has 9 heteroatoms. The minimum Gasteiger partial charge on any atom is -0.494 e. The molecule has 1 aliphatic heterocycles. The normalized spacial score (nSPS) is 15.4. The molecule has 168 valence electrons. The third-order valence-electron chi connectivity index (χ3n) is 5.64. The number of aryl methyl sites for hydroxylation is 2. The molecule has 33 heavy (non-hydrogen) atoms. The molecule has 1 aliphatic rings. The van der Waals surface area contributed by atoms with E-state index in [2.05, 4.69) is 4.98 Å². The van der Waals surface area contributed by atoms with Crippen LogP contribution in [0, 0.1) is 13.8 Å². The summed E-state index contributed by atoms with van der Waals surface area (Å²) in [6.07, 6.45) is 0. The Hall–Kier alpha value is -2.87. The molecule has 3 heterocycles. The lowest BCUT2D eigenvalue weighted by atomic mass is 9.98. The molecule has 0 saturated carbocycles. The number of rotatable bonds is 4. The van der Waals surface area contributed by atoms with Crippen LogP contribution >= 0.6 is 34.5 Å². The molecule has 0 aliphatic carbocycles. The van der Waals surface area contributed by atoms with Gasteiger partial charge >= 0.3 is 0 Å². The molecular weight excluding hydrogens is 483 g/mol. The number of halogens is 2. The van der Waals surface area contributed by atoms with Gasteiger partial charge in [-0.3, -0.25) is 14.5 Å². The quantitative estimate of drug-likeness (QED) is 0.327. The van der Waals surface area contributed by atoms with Crippen LogP contribution in [0.4, 0.5) is 5.13 Å². The molecule has 5 rings (SSSR count). The summed E-state index contributed by atoms with van der Waals surface area (Å²) in [4.78, 5) is 34.4. The lowest BCUT2D eigenvalue weighted by molar-refractivity contribution is 0.0971. The summed E-state index contributed by atoms with van der Waals surface area (Å²) in [5.41, 5.74) is 1.71. The zero-order valence-corrected chi connectivity index (χ0v) is 20.3. The number of aromatic nitrogens is 1. The third kappa shape index (κ3) is 3.51. The van der Waals surface area contributed by atoms with E-state index < -0.39 is 11.9 Å². The highest BCUT2D eigenvalue weighted by atomic mass is 35.5. The van der Waals surface area contributed by atoms with E-state index in [0.29, 0.717) is 44.1 Å². The molecule has 0 radical (unpaired) electrons. The smallest absolute Gasteiger partial charge is 0.297 e. The van der Waals surface area contributed by atoms with Crippen LogP contribution in [0.5, 0.6) is 5.75 Å². The van der Waals surface area contributed by atoms with Crippen LogP contribution in [0.1, 0.15) is 45.2 Å². The Kier molecular flexibility index (Phi) is 5.43. The maximum absolute atomic E-state index is 13.7. The average Bonchev–Trinajstić information content (AvgIpc) is 3.26. The fraction of sp³-hybridized carbons (Fsp3) is 0.208. The van der Waals surface area contributed by atoms with Crippen molar-refractivity contribution in [3.63, 3.8) is 0 Å². The minimum atomic E-state index is -0.751. The maximum Gasteiger partial charge on any atom is 0.297 e. The van der Waals surface area contributed by atoms with Gasteiger partial charge in [-0.25, -0.2) is 4.98 Å². The number of carbonyl (C=O) groups is 1. The monoisotopic (exact) mass is 500 g/mol. The molecule has 0 saturated heterocycles. The van der Waals surface area contributed by atoms with Crippen molar-refractivity contribution in [3.8, 4) is 5.75 Å². The zero-order chi connectivity index (χ0) is 23.4. The summed E-state index contributed by atoms with van der Waals surface area (Å²) in [6.45, 7) is 6.15. The van der Waals surface area contributed by atoms with Crippen molar-refractivity contribution in [2.45, 2.75) is 26.8 Å². The van der Waals surface area contributed by atoms with Crippen molar-refractivity contribution >= 4 is 56.5 Å². The highest BCUT2D eigenvalue weighted by Crippen LogP contribution is 2.44. The van der Waals surface area contributed by atoms with E-state index in [-0.39, 0.29) is 16.8 Å². The zero-order valence-electron chi connectivity index (χ0n) is 17.9. The summed E-state index contributed by atoms with van der Waals surface area (Å²) >= 11 is 13.8. The first kappa shape index (κ1) is 21.9. The van der Waals surface area contributed by atoms with Gasteiger partial charge in [0.05, 0.1) is 39.3 Å². The molecule has 0 bridgehead atoms. The number of anilines is 1. The van der Waals surface area contributed by atoms with Gasteiger partial charge in [0, 0.05) is 10.9 Å². The van der Waals surface area contributed by atoms with E-state index >= 15 is 0 Å². The van der Waals surface area contributed by atoms with E-state index in [1.54, 1.807) is 36.4 Å². The first-order valence-electron chi connectivity index (χ1n) is 10.3. The highest BCUT2D eigenvalue weighted by molar-refractivity contribution is 7.15. The van der Waals surface area contributed by atoms with E-state index in [1.165, 1.54) is 16.2 Å². The third-order valence-corrected chi connectivity index (χ3v) is 7.45. The summed E-state index contributed by atoms with van der Waals surface area (Å²) in [7, 11) is 0. The molecule has 0 spiro atoms. The van der Waals surface area contributed by atoms with Gasteiger partial charge in [-0.1, -0.05) is 29.3 Å². The average molecular weight is 501 g/mol. The lowest BCUT2D eigenvalue weighted by Crippen LogP contribution is -2.29. The van der Waals surface area contributed by atoms with Crippen molar-refractivity contribution in [2.75, 3.05) is 11.5 Å². The number of benzene rings is 2. The number of hydrogen-bond donors (Lipinski definition) is 0. The molecule has 1 unspecified atom stereocenters.